The Kier molecular flexibility index (Phi) is 5.52. The number of alkyl halides is 3. The van der Waals surface area contributed by atoms with Crippen molar-refractivity contribution in [3.8, 4) is 11.5 Å². The van der Waals surface area contributed by atoms with Gasteiger partial charge in [0.25, 0.3) is 5.91 Å². The van der Waals surface area contributed by atoms with Crippen molar-refractivity contribution in [2.24, 2.45) is 0 Å². The molecule has 1 aromatic carbocycles. The van der Waals surface area contributed by atoms with Gasteiger partial charge >= 0.3 is 6.18 Å². The normalized spacial score (nSPS) is 13.5. The first-order chi connectivity index (χ1) is 15.2. The largest absolute Gasteiger partial charge is 0.455 e. The molecule has 1 aliphatic heterocycles. The van der Waals surface area contributed by atoms with Gasteiger partial charge in [0, 0.05) is 24.6 Å². The van der Waals surface area contributed by atoms with E-state index in [1.807, 2.05) is 0 Å². The molecule has 0 saturated heterocycles. The number of pyridine rings is 2. The minimum atomic E-state index is -4.54. The van der Waals surface area contributed by atoms with E-state index in [2.05, 4.69) is 15.3 Å². The van der Waals surface area contributed by atoms with Crippen molar-refractivity contribution in [3.63, 3.8) is 0 Å². The lowest BCUT2D eigenvalue weighted by Crippen LogP contribution is -2.38. The number of nitrogens with zero attached hydrogens (tertiary/aromatic N) is 3. The summed E-state index contributed by atoms with van der Waals surface area (Å²) in [5.41, 5.74) is 0.0340. The molecular weight excluding hydrogens is 425 g/mol. The third-order valence-electron chi connectivity index (χ3n) is 4.76. The number of nitrogens with one attached hydrogen (secondary N) is 1. The summed E-state index contributed by atoms with van der Waals surface area (Å²) in [6.45, 7) is 1.68. The molecule has 164 valence electrons. The summed E-state index contributed by atoms with van der Waals surface area (Å²) in [6, 6.07) is 11.9. The van der Waals surface area contributed by atoms with Gasteiger partial charge in [-0.2, -0.15) is 13.2 Å². The number of rotatable bonds is 4. The minimum Gasteiger partial charge on any atom is -0.455 e. The van der Waals surface area contributed by atoms with Crippen LogP contribution >= 0.6 is 0 Å². The first-order valence-electron chi connectivity index (χ1n) is 9.62. The number of carbonyl (C=O) groups is 2. The molecule has 0 atom stereocenters. The van der Waals surface area contributed by atoms with Gasteiger partial charge in [-0.15, -0.1) is 0 Å². The zero-order chi connectivity index (χ0) is 22.9. The topological polar surface area (TPSA) is 84.4 Å². The van der Waals surface area contributed by atoms with Crippen molar-refractivity contribution < 1.29 is 27.5 Å². The number of ether oxygens (including phenoxy) is 1. The maximum absolute atomic E-state index is 13.1. The first-order valence-corrected chi connectivity index (χ1v) is 9.62. The van der Waals surface area contributed by atoms with Gasteiger partial charge < -0.3 is 10.1 Å². The van der Waals surface area contributed by atoms with Gasteiger partial charge in [0.2, 0.25) is 5.91 Å². The van der Waals surface area contributed by atoms with E-state index in [0.29, 0.717) is 41.5 Å². The Morgan fingerprint density at radius 1 is 1.12 bits per heavy atom. The summed E-state index contributed by atoms with van der Waals surface area (Å²) in [5, 5.41) is 2.58. The van der Waals surface area contributed by atoms with Gasteiger partial charge in [0.1, 0.15) is 28.8 Å². The highest BCUT2D eigenvalue weighted by molar-refractivity contribution is 6.08. The van der Waals surface area contributed by atoms with E-state index in [9.17, 15) is 22.8 Å². The molecule has 2 amide bonds. The van der Waals surface area contributed by atoms with Crippen molar-refractivity contribution in [3.05, 3.63) is 71.5 Å². The highest BCUT2D eigenvalue weighted by atomic mass is 19.4. The SMILES string of the molecule is CC(=O)Nc1cccc(N2CCc3c(Oc4ccc(C(F)(F)F)nc4)cccc3C2=O)n1. The lowest BCUT2D eigenvalue weighted by atomic mass is 9.98. The van der Waals surface area contributed by atoms with Crippen LogP contribution < -0.4 is 15.0 Å². The third kappa shape index (κ3) is 4.39. The zero-order valence-corrected chi connectivity index (χ0v) is 16.8. The van der Waals surface area contributed by atoms with Gasteiger partial charge in [-0.05, 0) is 42.8 Å². The molecule has 7 nitrogen and oxygen atoms in total. The number of halogens is 3. The molecule has 3 heterocycles. The number of carbonyl (C=O) groups excluding carboxylic acids is 2. The van der Waals surface area contributed by atoms with Crippen LogP contribution in [0.3, 0.4) is 0 Å². The van der Waals surface area contributed by atoms with Gasteiger partial charge in [0.15, 0.2) is 0 Å². The van der Waals surface area contributed by atoms with Crippen LogP contribution in [0.4, 0.5) is 24.8 Å². The number of hydrogen-bond donors (Lipinski definition) is 1. The van der Waals surface area contributed by atoms with Crippen molar-refractivity contribution in [2.75, 3.05) is 16.8 Å². The number of anilines is 2. The predicted molar refractivity (Wildman–Crippen MR) is 110 cm³/mol. The Balaban J connectivity index is 1.58. The highest BCUT2D eigenvalue weighted by Gasteiger charge is 2.32. The molecule has 3 aromatic rings. The standard InChI is InChI=1S/C22H17F3N4O3/c1-13(30)27-19-6-3-7-20(28-19)29-11-10-15-16(21(29)31)4-2-5-17(15)32-14-8-9-18(26-12-14)22(23,24)25/h2-9,12H,10-11H2,1H3,(H,27,28,30). The van der Waals surface area contributed by atoms with E-state index in [1.165, 1.54) is 17.9 Å². The van der Waals surface area contributed by atoms with Crippen molar-refractivity contribution in [1.29, 1.82) is 0 Å². The summed E-state index contributed by atoms with van der Waals surface area (Å²) in [7, 11) is 0. The molecule has 10 heteroatoms. The second-order valence-electron chi connectivity index (χ2n) is 7.03. The van der Waals surface area contributed by atoms with Crippen LogP contribution in [0.25, 0.3) is 0 Å². The maximum Gasteiger partial charge on any atom is 0.433 e. The molecular formula is C22H17F3N4O3. The van der Waals surface area contributed by atoms with Crippen LogP contribution in [0, 0.1) is 0 Å². The van der Waals surface area contributed by atoms with Crippen molar-refractivity contribution in [1.82, 2.24) is 9.97 Å². The molecule has 4 rings (SSSR count). The lowest BCUT2D eigenvalue weighted by Gasteiger charge is -2.29. The van der Waals surface area contributed by atoms with Gasteiger partial charge in [-0.1, -0.05) is 12.1 Å². The zero-order valence-electron chi connectivity index (χ0n) is 16.8. The minimum absolute atomic E-state index is 0.131. The van der Waals surface area contributed by atoms with E-state index in [4.69, 9.17) is 4.74 Å². The fraction of sp³-hybridized carbons (Fsp3) is 0.182. The van der Waals surface area contributed by atoms with Gasteiger partial charge in [-0.25, -0.2) is 9.97 Å². The van der Waals surface area contributed by atoms with Crippen LogP contribution in [0.2, 0.25) is 0 Å². The lowest BCUT2D eigenvalue weighted by molar-refractivity contribution is -0.141. The second kappa shape index (κ2) is 8.29. The second-order valence-corrected chi connectivity index (χ2v) is 7.03. The smallest absolute Gasteiger partial charge is 0.433 e. The fourth-order valence-corrected chi connectivity index (χ4v) is 3.37. The molecule has 32 heavy (non-hydrogen) atoms. The molecule has 0 aliphatic carbocycles. The summed E-state index contributed by atoms with van der Waals surface area (Å²) in [4.78, 5) is 33.6. The van der Waals surface area contributed by atoms with Crippen LogP contribution in [-0.2, 0) is 17.4 Å². The Bertz CT molecular complexity index is 1180. The maximum atomic E-state index is 13.1. The van der Waals surface area contributed by atoms with Gasteiger partial charge in [-0.3, -0.25) is 14.5 Å². The van der Waals surface area contributed by atoms with E-state index < -0.39 is 11.9 Å². The quantitative estimate of drug-likeness (QED) is 0.646. The summed E-state index contributed by atoms with van der Waals surface area (Å²) in [6.07, 6.45) is -3.10. The number of aromatic nitrogens is 2. The summed E-state index contributed by atoms with van der Waals surface area (Å²) in [5.74, 6) is 0.660. The number of fused-ring (bicyclic) bond motifs is 1. The Morgan fingerprint density at radius 3 is 2.59 bits per heavy atom. The monoisotopic (exact) mass is 442 g/mol. The number of benzene rings is 1. The Hall–Kier alpha value is -3.95. The molecule has 0 fully saturated rings. The Labute approximate surface area is 180 Å². The van der Waals surface area contributed by atoms with E-state index in [0.717, 1.165) is 12.3 Å². The molecule has 0 unspecified atom stereocenters. The number of hydrogen-bond acceptors (Lipinski definition) is 5. The van der Waals surface area contributed by atoms with Crippen molar-refractivity contribution >= 4 is 23.5 Å². The van der Waals surface area contributed by atoms with E-state index in [1.54, 1.807) is 36.4 Å². The Morgan fingerprint density at radius 2 is 1.91 bits per heavy atom. The predicted octanol–water partition coefficient (Wildman–Crippen LogP) is 4.45. The first kappa shape index (κ1) is 21.3. The van der Waals surface area contributed by atoms with E-state index in [-0.39, 0.29) is 17.6 Å². The summed E-state index contributed by atoms with van der Waals surface area (Å²) < 4.78 is 43.9. The van der Waals surface area contributed by atoms with Crippen LogP contribution in [-0.4, -0.2) is 28.3 Å². The van der Waals surface area contributed by atoms with Crippen LogP contribution in [0.15, 0.2) is 54.7 Å². The average molecular weight is 442 g/mol. The van der Waals surface area contributed by atoms with E-state index >= 15 is 0 Å². The van der Waals surface area contributed by atoms with Crippen LogP contribution in [0.1, 0.15) is 28.5 Å². The average Bonchev–Trinajstić information content (AvgIpc) is 2.74. The highest BCUT2D eigenvalue weighted by Crippen LogP contribution is 2.34. The summed E-state index contributed by atoms with van der Waals surface area (Å²) >= 11 is 0. The molecule has 1 aliphatic rings. The number of amides is 2. The van der Waals surface area contributed by atoms with Crippen LogP contribution in [0.5, 0.6) is 11.5 Å². The fourth-order valence-electron chi connectivity index (χ4n) is 3.37. The molecule has 1 N–H and O–H groups in total. The van der Waals surface area contributed by atoms with Gasteiger partial charge in [0.05, 0.1) is 6.20 Å². The molecule has 2 aromatic heterocycles. The molecule has 0 spiro atoms. The molecule has 0 radical (unpaired) electrons. The molecule has 0 saturated carbocycles. The van der Waals surface area contributed by atoms with Crippen molar-refractivity contribution in [2.45, 2.75) is 19.5 Å². The molecule has 0 bridgehead atoms. The third-order valence-corrected chi connectivity index (χ3v) is 4.76.